The fraction of sp³-hybridized carbons (Fsp3) is 0.300. The average molecular weight is 384 g/mol. The lowest BCUT2D eigenvalue weighted by atomic mass is 10.1. The Bertz CT molecular complexity index is 1050. The van der Waals surface area contributed by atoms with Crippen LogP contribution in [0.2, 0.25) is 0 Å². The first-order valence-corrected chi connectivity index (χ1v) is 10.5. The molecule has 140 valence electrons. The van der Waals surface area contributed by atoms with Crippen LogP contribution in [0.5, 0.6) is 0 Å². The first kappa shape index (κ1) is 17.7. The van der Waals surface area contributed by atoms with Crippen molar-refractivity contribution < 1.29 is 18.0 Å². The van der Waals surface area contributed by atoms with E-state index in [2.05, 4.69) is 0 Å². The molecule has 2 aliphatic heterocycles. The van der Waals surface area contributed by atoms with E-state index in [-0.39, 0.29) is 23.4 Å². The molecule has 2 aliphatic rings. The van der Waals surface area contributed by atoms with Gasteiger partial charge >= 0.3 is 0 Å². The molecule has 0 unspecified atom stereocenters. The number of fused-ring (bicyclic) bond motifs is 1. The number of rotatable bonds is 2. The summed E-state index contributed by atoms with van der Waals surface area (Å²) in [6.07, 6.45) is 0.776. The van der Waals surface area contributed by atoms with E-state index in [0.717, 1.165) is 22.0 Å². The number of carbonyl (C=O) groups is 2. The summed E-state index contributed by atoms with van der Waals surface area (Å²) in [6.45, 7) is 3.58. The van der Waals surface area contributed by atoms with Gasteiger partial charge in [0.2, 0.25) is 15.9 Å². The van der Waals surface area contributed by atoms with E-state index < -0.39 is 21.8 Å². The highest BCUT2D eigenvalue weighted by Crippen LogP contribution is 2.34. The van der Waals surface area contributed by atoms with Crippen molar-refractivity contribution in [1.29, 1.82) is 0 Å². The molecule has 0 N–H and O–H groups in total. The van der Waals surface area contributed by atoms with Gasteiger partial charge in [0.1, 0.15) is 0 Å². The highest BCUT2D eigenvalue weighted by atomic mass is 32.2. The first-order chi connectivity index (χ1) is 12.8. The van der Waals surface area contributed by atoms with Gasteiger partial charge in [0.05, 0.1) is 17.4 Å². The Morgan fingerprint density at radius 2 is 1.81 bits per heavy atom. The third kappa shape index (κ3) is 2.82. The molecule has 2 atom stereocenters. The Kier molecular flexibility index (Phi) is 4.07. The third-order valence-electron chi connectivity index (χ3n) is 5.11. The Hall–Kier alpha value is -2.67. The molecule has 27 heavy (non-hydrogen) atoms. The Morgan fingerprint density at radius 1 is 1.07 bits per heavy atom. The normalized spacial score (nSPS) is 23.6. The summed E-state index contributed by atoms with van der Waals surface area (Å²) in [5.41, 5.74) is 2.56. The lowest BCUT2D eigenvalue weighted by Gasteiger charge is -2.23. The van der Waals surface area contributed by atoms with Crippen LogP contribution in [0.25, 0.3) is 0 Å². The van der Waals surface area contributed by atoms with Gasteiger partial charge in [-0.3, -0.25) is 9.59 Å². The second-order valence-corrected chi connectivity index (χ2v) is 9.05. The molecule has 2 aromatic rings. The van der Waals surface area contributed by atoms with Crippen LogP contribution in [0.3, 0.4) is 0 Å². The lowest BCUT2D eigenvalue weighted by molar-refractivity contribution is -0.119. The summed E-state index contributed by atoms with van der Waals surface area (Å²) in [5, 5.41) is 0. The van der Waals surface area contributed by atoms with Crippen LogP contribution >= 0.6 is 0 Å². The zero-order valence-electron chi connectivity index (χ0n) is 15.1. The molecular weight excluding hydrogens is 364 g/mol. The van der Waals surface area contributed by atoms with E-state index in [0.29, 0.717) is 5.56 Å². The van der Waals surface area contributed by atoms with Crippen LogP contribution in [-0.2, 0) is 21.2 Å². The minimum Gasteiger partial charge on any atom is -0.305 e. The van der Waals surface area contributed by atoms with Crippen molar-refractivity contribution in [2.75, 3.05) is 15.0 Å². The fourth-order valence-electron chi connectivity index (χ4n) is 3.87. The van der Waals surface area contributed by atoms with Gasteiger partial charge in [0.25, 0.3) is 5.91 Å². The second-order valence-electron chi connectivity index (χ2n) is 7.19. The molecule has 0 aromatic heterocycles. The van der Waals surface area contributed by atoms with Gasteiger partial charge in [-0.05, 0) is 43.2 Å². The minimum atomic E-state index is -3.70. The number of nitrogens with zero attached hydrogens (tertiary/aromatic N) is 2. The third-order valence-corrected chi connectivity index (χ3v) is 6.98. The van der Waals surface area contributed by atoms with E-state index >= 15 is 0 Å². The maximum Gasteiger partial charge on any atom is 0.258 e. The Labute approximate surface area is 158 Å². The number of sulfonamides is 1. The van der Waals surface area contributed by atoms with Gasteiger partial charge < -0.3 is 4.90 Å². The van der Waals surface area contributed by atoms with Gasteiger partial charge in [0, 0.05) is 17.3 Å². The van der Waals surface area contributed by atoms with Crippen LogP contribution in [-0.4, -0.2) is 32.0 Å². The number of hydrogen-bond acceptors (Lipinski definition) is 4. The highest BCUT2D eigenvalue weighted by Gasteiger charge is 2.42. The molecular formula is C20H20N2O4S. The topological polar surface area (TPSA) is 74.8 Å². The van der Waals surface area contributed by atoms with E-state index in [4.69, 9.17) is 0 Å². The molecule has 0 aliphatic carbocycles. The summed E-state index contributed by atoms with van der Waals surface area (Å²) in [7, 11) is -3.70. The smallest absolute Gasteiger partial charge is 0.258 e. The molecule has 2 aromatic carbocycles. The zero-order chi connectivity index (χ0) is 19.3. The molecule has 0 radical (unpaired) electrons. The first-order valence-electron chi connectivity index (χ1n) is 8.88. The maximum atomic E-state index is 13.2. The highest BCUT2D eigenvalue weighted by molar-refractivity contribution is 7.94. The fourth-order valence-corrected chi connectivity index (χ4v) is 5.68. The molecule has 2 amide bonds. The number of para-hydroxylation sites is 1. The van der Waals surface area contributed by atoms with Crippen molar-refractivity contribution in [3.05, 3.63) is 59.7 Å². The lowest BCUT2D eigenvalue weighted by Crippen LogP contribution is -2.36. The zero-order valence-corrected chi connectivity index (χ0v) is 15.9. The van der Waals surface area contributed by atoms with Gasteiger partial charge in [-0.2, -0.15) is 0 Å². The summed E-state index contributed by atoms with van der Waals surface area (Å²) in [6, 6.07) is 14.1. The molecule has 0 spiro atoms. The molecule has 6 nitrogen and oxygen atoms in total. The summed E-state index contributed by atoms with van der Waals surface area (Å²) in [4.78, 5) is 27.2. The van der Waals surface area contributed by atoms with Gasteiger partial charge in [0.15, 0.2) is 0 Å². The second kappa shape index (κ2) is 6.20. The van der Waals surface area contributed by atoms with E-state index in [1.54, 1.807) is 30.0 Å². The van der Waals surface area contributed by atoms with Crippen LogP contribution in [0, 0.1) is 5.92 Å². The largest absolute Gasteiger partial charge is 0.305 e. The number of hydrogen-bond donors (Lipinski definition) is 0. The number of benzene rings is 2. The number of amides is 2. The van der Waals surface area contributed by atoms with Gasteiger partial charge in [-0.25, -0.2) is 12.7 Å². The van der Waals surface area contributed by atoms with Gasteiger partial charge in [-0.1, -0.05) is 31.2 Å². The average Bonchev–Trinajstić information content (AvgIpc) is 3.06. The van der Waals surface area contributed by atoms with E-state index in [1.165, 1.54) is 6.07 Å². The van der Waals surface area contributed by atoms with Crippen molar-refractivity contribution >= 4 is 33.2 Å². The standard InChI is InChI=1S/C20H20N2O4S/c1-13-12-27(25,26)22(19(13)23)17-8-5-7-16(11-17)20(24)21-14(2)10-15-6-3-4-9-18(15)21/h3-9,11,13-14H,10,12H2,1-2H3/t13-,14-/m1/s1. The number of anilines is 2. The van der Waals surface area contributed by atoms with Crippen molar-refractivity contribution in [2.24, 2.45) is 5.92 Å². The SMILES string of the molecule is C[C@@H]1CS(=O)(=O)N(c2cccc(C(=O)N3c4ccccc4C[C@H]3C)c2)C1=O. The molecule has 0 bridgehead atoms. The predicted molar refractivity (Wildman–Crippen MR) is 103 cm³/mol. The van der Waals surface area contributed by atoms with Crippen molar-refractivity contribution in [3.8, 4) is 0 Å². The quantitative estimate of drug-likeness (QED) is 0.798. The Balaban J connectivity index is 1.72. The molecule has 4 rings (SSSR count). The maximum absolute atomic E-state index is 13.2. The predicted octanol–water partition coefficient (Wildman–Crippen LogP) is 2.59. The van der Waals surface area contributed by atoms with Crippen LogP contribution in [0.15, 0.2) is 48.5 Å². The molecule has 1 saturated heterocycles. The molecule has 7 heteroatoms. The monoisotopic (exact) mass is 384 g/mol. The molecule has 2 heterocycles. The van der Waals surface area contributed by atoms with Crippen molar-refractivity contribution in [2.45, 2.75) is 26.3 Å². The van der Waals surface area contributed by atoms with Crippen LogP contribution in [0.1, 0.15) is 29.8 Å². The van der Waals surface area contributed by atoms with E-state index in [9.17, 15) is 18.0 Å². The van der Waals surface area contributed by atoms with Crippen molar-refractivity contribution in [1.82, 2.24) is 0 Å². The summed E-state index contributed by atoms with van der Waals surface area (Å²) >= 11 is 0. The van der Waals surface area contributed by atoms with Crippen LogP contribution in [0.4, 0.5) is 11.4 Å². The molecule has 0 saturated carbocycles. The minimum absolute atomic E-state index is 0.00993. The molecule has 1 fully saturated rings. The Morgan fingerprint density at radius 3 is 2.52 bits per heavy atom. The van der Waals surface area contributed by atoms with Crippen LogP contribution < -0.4 is 9.21 Å². The summed E-state index contributed by atoms with van der Waals surface area (Å²) < 4.78 is 25.5. The van der Waals surface area contributed by atoms with E-state index in [1.807, 2.05) is 31.2 Å². The van der Waals surface area contributed by atoms with Crippen molar-refractivity contribution in [3.63, 3.8) is 0 Å². The summed E-state index contributed by atoms with van der Waals surface area (Å²) in [5.74, 6) is -1.45. The van der Waals surface area contributed by atoms with Gasteiger partial charge in [-0.15, -0.1) is 0 Å². The number of carbonyl (C=O) groups excluding carboxylic acids is 2.